The van der Waals surface area contributed by atoms with Crippen molar-refractivity contribution in [2.24, 2.45) is 17.6 Å². The van der Waals surface area contributed by atoms with E-state index in [0.717, 1.165) is 19.3 Å². The summed E-state index contributed by atoms with van der Waals surface area (Å²) in [7, 11) is 0. The maximum Gasteiger partial charge on any atom is 0.259 e. The summed E-state index contributed by atoms with van der Waals surface area (Å²) in [5, 5.41) is 9.32. The monoisotopic (exact) mass is 239 g/mol. The minimum Gasteiger partial charge on any atom is -0.378 e. The molecule has 0 amide bonds. The molecule has 84 valence electrons. The van der Waals surface area contributed by atoms with Crippen molar-refractivity contribution in [2.75, 3.05) is 0 Å². The Morgan fingerprint density at radius 3 is 2.43 bits per heavy atom. The van der Waals surface area contributed by atoms with Crippen LogP contribution in [0.1, 0.15) is 26.2 Å². The molecule has 0 heterocycles. The van der Waals surface area contributed by atoms with Gasteiger partial charge in [-0.2, -0.15) is 0 Å². The largest absolute Gasteiger partial charge is 0.378 e. The van der Waals surface area contributed by atoms with Crippen molar-refractivity contribution in [3.8, 4) is 0 Å². The van der Waals surface area contributed by atoms with Crippen molar-refractivity contribution in [1.82, 2.24) is 0 Å². The minimum absolute atomic E-state index is 0.0170. The van der Waals surface area contributed by atoms with Gasteiger partial charge in [-0.05, 0) is 18.3 Å². The van der Waals surface area contributed by atoms with Gasteiger partial charge in [0.15, 0.2) is 0 Å². The van der Waals surface area contributed by atoms with Gasteiger partial charge in [0.25, 0.3) is 6.57 Å². The smallest absolute Gasteiger partial charge is 0.259 e. The van der Waals surface area contributed by atoms with Crippen molar-refractivity contribution in [1.29, 1.82) is 0 Å². The first-order chi connectivity index (χ1) is 6.34. The van der Waals surface area contributed by atoms with Gasteiger partial charge in [-0.15, -0.1) is 0 Å². The zero-order chi connectivity index (χ0) is 10.9. The molecule has 0 aromatic carbocycles. The molecule has 4 N–H and O–H groups in total. The summed E-state index contributed by atoms with van der Waals surface area (Å²) in [4.78, 5) is 9.41. The summed E-state index contributed by atoms with van der Waals surface area (Å²) in [6, 6.07) is 0. The highest BCUT2D eigenvalue weighted by molar-refractivity contribution is 8.46. The quantitative estimate of drug-likeness (QED) is 0.338. The molecular weight excluding hydrogens is 221 g/mol. The number of rotatable bonds is 3. The fourth-order valence-corrected chi connectivity index (χ4v) is 4.65. The number of nitrogens with two attached hydrogens (primary N) is 1. The average molecular weight is 239 g/mol. The van der Waals surface area contributed by atoms with Gasteiger partial charge >= 0.3 is 0 Å². The van der Waals surface area contributed by atoms with Gasteiger partial charge in [-0.1, -0.05) is 32.0 Å². The Kier molecular flexibility index (Phi) is 4.06. The molecule has 1 aliphatic rings. The van der Waals surface area contributed by atoms with E-state index in [4.69, 9.17) is 5.73 Å². The van der Waals surface area contributed by atoms with E-state index in [1.807, 2.05) is 6.92 Å². The Morgan fingerprint density at radius 2 is 2.14 bits per heavy atom. The van der Waals surface area contributed by atoms with Gasteiger partial charge < -0.3 is 15.7 Å². The van der Waals surface area contributed by atoms with Gasteiger partial charge in [0.05, 0.1) is 5.66 Å². The Hall–Kier alpha value is 0.460. The lowest BCUT2D eigenvalue weighted by Crippen LogP contribution is -2.39. The lowest BCUT2D eigenvalue weighted by atomic mass is 9.93. The highest BCUT2D eigenvalue weighted by Gasteiger charge is 2.42. The number of aliphatic hydroxyl groups excluding tert-OH is 1. The maximum absolute atomic E-state index is 11.5. The minimum atomic E-state index is -3.60. The van der Waals surface area contributed by atoms with E-state index in [1.54, 1.807) is 0 Å². The second-order valence-electron chi connectivity index (χ2n) is 4.14. The molecule has 5 atom stereocenters. The Labute approximate surface area is 89.5 Å². The summed E-state index contributed by atoms with van der Waals surface area (Å²) < 4.78 is 11.5. The summed E-state index contributed by atoms with van der Waals surface area (Å²) in [6.45, 7) is -1.57. The molecule has 6 heteroatoms. The van der Waals surface area contributed by atoms with Crippen LogP contribution in [0.5, 0.6) is 0 Å². The molecule has 0 bridgehead atoms. The lowest BCUT2D eigenvalue weighted by molar-refractivity contribution is 0.139. The highest BCUT2D eigenvalue weighted by atomic mass is 32.7. The van der Waals surface area contributed by atoms with Crippen LogP contribution < -0.4 is 5.73 Å². The van der Waals surface area contributed by atoms with Crippen LogP contribution in [-0.2, 0) is 4.57 Å². The average Bonchev–Trinajstić information content (AvgIpc) is 2.32. The molecule has 1 saturated carbocycles. The second kappa shape index (κ2) is 4.54. The number of thiol groups is 1. The zero-order valence-electron chi connectivity index (χ0n) is 8.21. The molecule has 0 radical (unpaired) electrons. The van der Waals surface area contributed by atoms with Crippen LogP contribution in [0.2, 0.25) is 0 Å². The zero-order valence-corrected chi connectivity index (χ0v) is 9.99. The fourth-order valence-electron chi connectivity index (χ4n) is 2.38. The van der Waals surface area contributed by atoms with Gasteiger partial charge in [0.2, 0.25) is 0 Å². The van der Waals surface area contributed by atoms with Crippen LogP contribution >= 0.6 is 18.8 Å². The van der Waals surface area contributed by atoms with E-state index in [-0.39, 0.29) is 5.92 Å². The number of aliphatic hydroxyl groups is 1. The van der Waals surface area contributed by atoms with E-state index in [1.165, 1.54) is 0 Å². The summed E-state index contributed by atoms with van der Waals surface area (Å²) in [5.41, 5.74) is 4.55. The second-order valence-corrected chi connectivity index (χ2v) is 7.64. The first kappa shape index (κ1) is 12.5. The predicted molar refractivity (Wildman–Crippen MR) is 59.3 cm³/mol. The third kappa shape index (κ3) is 2.74. The molecule has 0 spiro atoms. The summed E-state index contributed by atoms with van der Waals surface area (Å²) in [5.74, 6) is 0.356. The van der Waals surface area contributed by atoms with Gasteiger partial charge in [0, 0.05) is 0 Å². The Balaban J connectivity index is 2.83. The molecular formula is C8H18NO3PS. The summed E-state index contributed by atoms with van der Waals surface area (Å²) in [6.07, 6.45) is 1.66. The van der Waals surface area contributed by atoms with Gasteiger partial charge in [0.1, 0.15) is 6.23 Å². The normalized spacial score (nSPS) is 36.4. The van der Waals surface area contributed by atoms with Crippen molar-refractivity contribution in [3.05, 3.63) is 0 Å². The van der Waals surface area contributed by atoms with E-state index < -0.39 is 18.5 Å². The van der Waals surface area contributed by atoms with Crippen LogP contribution in [0.15, 0.2) is 0 Å². The van der Waals surface area contributed by atoms with Crippen LogP contribution in [0.3, 0.4) is 0 Å². The lowest BCUT2D eigenvalue weighted by Gasteiger charge is -2.30. The standard InChI is InChI=1S/C8H18NO3PS/c1-5-3-2-4-6(5)7(8(9)10)13(11,12)14/h5-8,10H,2-4,9H2,1H3,(H2,11,12,14). The number of hydrogen-bond donors (Lipinski definition) is 4. The Bertz CT molecular complexity index is 243. The maximum atomic E-state index is 11.5. The third-order valence-corrected chi connectivity index (χ3v) is 5.37. The van der Waals surface area contributed by atoms with Gasteiger partial charge in [-0.3, -0.25) is 4.57 Å². The number of hydrogen-bond acceptors (Lipinski definition) is 3. The van der Waals surface area contributed by atoms with Crippen molar-refractivity contribution >= 4 is 18.8 Å². The predicted octanol–water partition coefficient (Wildman–Crippen LogP) is 1.18. The van der Waals surface area contributed by atoms with E-state index in [9.17, 15) is 14.6 Å². The van der Waals surface area contributed by atoms with Crippen LogP contribution in [-0.4, -0.2) is 21.9 Å². The van der Waals surface area contributed by atoms with Crippen LogP contribution in [0.4, 0.5) is 0 Å². The van der Waals surface area contributed by atoms with Crippen molar-refractivity contribution in [2.45, 2.75) is 38.1 Å². The first-order valence-corrected chi connectivity index (χ1v) is 7.71. The van der Waals surface area contributed by atoms with Crippen LogP contribution in [0.25, 0.3) is 0 Å². The molecule has 1 rings (SSSR count). The molecule has 0 aromatic heterocycles. The molecule has 14 heavy (non-hydrogen) atoms. The fraction of sp³-hybridized carbons (Fsp3) is 1.00. The molecule has 0 aromatic rings. The SMILES string of the molecule is CC1CCCC1C(C(N)O)P(=O)(O)S. The molecule has 0 aliphatic heterocycles. The van der Waals surface area contributed by atoms with E-state index >= 15 is 0 Å². The molecule has 1 aliphatic carbocycles. The third-order valence-electron chi connectivity index (χ3n) is 3.10. The highest BCUT2D eigenvalue weighted by Crippen LogP contribution is 2.57. The first-order valence-electron chi connectivity index (χ1n) is 4.83. The van der Waals surface area contributed by atoms with Crippen molar-refractivity contribution < 1.29 is 14.6 Å². The summed E-state index contributed by atoms with van der Waals surface area (Å²) >= 11 is 3.68. The molecule has 1 fully saturated rings. The van der Waals surface area contributed by atoms with Crippen LogP contribution in [0, 0.1) is 11.8 Å². The van der Waals surface area contributed by atoms with Crippen molar-refractivity contribution in [3.63, 3.8) is 0 Å². The molecule has 0 saturated heterocycles. The molecule has 4 nitrogen and oxygen atoms in total. The molecule has 5 unspecified atom stereocenters. The van der Waals surface area contributed by atoms with E-state index in [0.29, 0.717) is 5.92 Å². The Morgan fingerprint density at radius 1 is 1.57 bits per heavy atom. The topological polar surface area (TPSA) is 83.5 Å². The van der Waals surface area contributed by atoms with Gasteiger partial charge in [-0.25, -0.2) is 0 Å². The van der Waals surface area contributed by atoms with E-state index in [2.05, 4.69) is 12.2 Å².